The Balaban J connectivity index is 2.24. The molecular weight excluding hydrogens is 262 g/mol. The second-order valence-electron chi connectivity index (χ2n) is 4.23. The van der Waals surface area contributed by atoms with E-state index in [1.165, 1.54) is 12.3 Å². The van der Waals surface area contributed by atoms with Crippen LogP contribution in [0.1, 0.15) is 12.8 Å². The fraction of sp³-hybridized carbons (Fsp3) is 0.231. The number of non-ortho nitro benzene ring substituents is 1. The number of hydrogen-bond donors (Lipinski definition) is 2. The molecule has 0 amide bonds. The number of nitrogens with zero attached hydrogens (tertiary/aromatic N) is 2. The van der Waals surface area contributed by atoms with Crippen LogP contribution in [0.25, 0.3) is 10.8 Å². The zero-order valence-corrected chi connectivity index (χ0v) is 10.6. The van der Waals surface area contributed by atoms with Crippen molar-refractivity contribution in [1.29, 1.82) is 0 Å². The Kier molecular flexibility index (Phi) is 4.09. The molecule has 0 saturated carbocycles. The molecule has 0 aliphatic rings. The van der Waals surface area contributed by atoms with Crippen molar-refractivity contribution < 1.29 is 14.8 Å². The largest absolute Gasteiger partial charge is 0.481 e. The molecule has 0 aliphatic carbocycles. The molecule has 2 aromatic rings. The molecule has 0 atom stereocenters. The molecule has 0 bridgehead atoms. The molecule has 0 saturated heterocycles. The van der Waals surface area contributed by atoms with Gasteiger partial charge in [-0.1, -0.05) is 0 Å². The van der Waals surface area contributed by atoms with Crippen LogP contribution in [0.4, 0.5) is 11.4 Å². The molecule has 2 N–H and O–H groups in total. The third-order valence-corrected chi connectivity index (χ3v) is 2.87. The van der Waals surface area contributed by atoms with Gasteiger partial charge in [0.15, 0.2) is 0 Å². The molecule has 1 aromatic heterocycles. The number of hydrogen-bond acceptors (Lipinski definition) is 5. The van der Waals surface area contributed by atoms with Crippen molar-refractivity contribution in [3.05, 3.63) is 40.7 Å². The van der Waals surface area contributed by atoms with E-state index in [0.29, 0.717) is 29.4 Å². The SMILES string of the molecule is O=C(O)CCCNc1ccc([N+](=O)[O-])c2ccncc12. The average molecular weight is 275 g/mol. The maximum absolute atomic E-state index is 11.0. The topological polar surface area (TPSA) is 105 Å². The number of fused-ring (bicyclic) bond motifs is 1. The second kappa shape index (κ2) is 5.96. The van der Waals surface area contributed by atoms with E-state index in [0.717, 1.165) is 0 Å². The summed E-state index contributed by atoms with van der Waals surface area (Å²) >= 11 is 0. The first-order chi connectivity index (χ1) is 9.59. The van der Waals surface area contributed by atoms with Crippen molar-refractivity contribution in [3.8, 4) is 0 Å². The van der Waals surface area contributed by atoms with Crippen LogP contribution in [0.3, 0.4) is 0 Å². The first-order valence-corrected chi connectivity index (χ1v) is 6.06. The fourth-order valence-corrected chi connectivity index (χ4v) is 1.95. The highest BCUT2D eigenvalue weighted by atomic mass is 16.6. The van der Waals surface area contributed by atoms with Crippen molar-refractivity contribution in [3.63, 3.8) is 0 Å². The van der Waals surface area contributed by atoms with Gasteiger partial charge in [0.2, 0.25) is 0 Å². The highest BCUT2D eigenvalue weighted by molar-refractivity contribution is 5.99. The maximum Gasteiger partial charge on any atom is 0.303 e. The zero-order chi connectivity index (χ0) is 14.5. The molecule has 0 radical (unpaired) electrons. The monoisotopic (exact) mass is 275 g/mol. The van der Waals surface area contributed by atoms with Crippen LogP contribution in [0, 0.1) is 10.1 Å². The first-order valence-electron chi connectivity index (χ1n) is 6.06. The smallest absolute Gasteiger partial charge is 0.303 e. The van der Waals surface area contributed by atoms with Crippen molar-refractivity contribution >= 4 is 28.1 Å². The van der Waals surface area contributed by atoms with Crippen LogP contribution in [-0.4, -0.2) is 27.5 Å². The lowest BCUT2D eigenvalue weighted by molar-refractivity contribution is -0.383. The average Bonchev–Trinajstić information content (AvgIpc) is 2.43. The summed E-state index contributed by atoms with van der Waals surface area (Å²) < 4.78 is 0. The highest BCUT2D eigenvalue weighted by Gasteiger charge is 2.13. The Morgan fingerprint density at radius 2 is 2.15 bits per heavy atom. The number of aliphatic carboxylic acids is 1. The van der Waals surface area contributed by atoms with Gasteiger partial charge in [-0.05, 0) is 18.6 Å². The van der Waals surface area contributed by atoms with E-state index >= 15 is 0 Å². The lowest BCUT2D eigenvalue weighted by Crippen LogP contribution is -2.05. The van der Waals surface area contributed by atoms with Crippen LogP contribution >= 0.6 is 0 Å². The highest BCUT2D eigenvalue weighted by Crippen LogP contribution is 2.30. The Hall–Kier alpha value is -2.70. The maximum atomic E-state index is 11.0. The number of nitrogens with one attached hydrogen (secondary N) is 1. The number of benzene rings is 1. The van der Waals surface area contributed by atoms with Crippen molar-refractivity contribution in [2.75, 3.05) is 11.9 Å². The van der Waals surface area contributed by atoms with Crippen molar-refractivity contribution in [1.82, 2.24) is 4.98 Å². The van der Waals surface area contributed by atoms with Crippen LogP contribution in [-0.2, 0) is 4.79 Å². The van der Waals surface area contributed by atoms with Crippen LogP contribution in [0.15, 0.2) is 30.6 Å². The minimum Gasteiger partial charge on any atom is -0.481 e. The van der Waals surface area contributed by atoms with Crippen molar-refractivity contribution in [2.24, 2.45) is 0 Å². The Morgan fingerprint density at radius 1 is 1.35 bits per heavy atom. The second-order valence-corrected chi connectivity index (χ2v) is 4.23. The molecule has 0 unspecified atom stereocenters. The van der Waals surface area contributed by atoms with Gasteiger partial charge in [-0.3, -0.25) is 19.9 Å². The molecule has 20 heavy (non-hydrogen) atoms. The number of pyridine rings is 1. The summed E-state index contributed by atoms with van der Waals surface area (Å²) in [6.45, 7) is 0.480. The molecular formula is C13H13N3O4. The minimum atomic E-state index is -0.845. The Morgan fingerprint density at radius 3 is 2.85 bits per heavy atom. The lowest BCUT2D eigenvalue weighted by atomic mass is 10.1. The van der Waals surface area contributed by atoms with Gasteiger partial charge in [-0.2, -0.15) is 0 Å². The van der Waals surface area contributed by atoms with Crippen LogP contribution in [0.5, 0.6) is 0 Å². The number of nitro benzene ring substituents is 1. The number of anilines is 1. The lowest BCUT2D eigenvalue weighted by Gasteiger charge is -2.09. The number of carboxylic acids is 1. The van der Waals surface area contributed by atoms with Gasteiger partial charge in [0.1, 0.15) is 0 Å². The summed E-state index contributed by atoms with van der Waals surface area (Å²) in [6.07, 6.45) is 3.62. The summed E-state index contributed by atoms with van der Waals surface area (Å²) in [5.74, 6) is -0.845. The molecule has 2 rings (SSSR count). The third-order valence-electron chi connectivity index (χ3n) is 2.87. The summed E-state index contributed by atoms with van der Waals surface area (Å²) in [5.41, 5.74) is 0.738. The number of nitro groups is 1. The van der Waals surface area contributed by atoms with Gasteiger partial charge in [-0.25, -0.2) is 0 Å². The van der Waals surface area contributed by atoms with Gasteiger partial charge in [-0.15, -0.1) is 0 Å². The normalized spacial score (nSPS) is 10.4. The quantitative estimate of drug-likeness (QED) is 0.476. The number of carbonyl (C=O) groups is 1. The molecule has 1 heterocycles. The van der Waals surface area contributed by atoms with E-state index in [4.69, 9.17) is 5.11 Å². The van der Waals surface area contributed by atoms with E-state index in [9.17, 15) is 14.9 Å². The van der Waals surface area contributed by atoms with Gasteiger partial charge in [0.25, 0.3) is 5.69 Å². The Labute approximate surface area is 114 Å². The van der Waals surface area contributed by atoms with Crippen LogP contribution < -0.4 is 5.32 Å². The Bertz CT molecular complexity index is 657. The molecule has 0 spiro atoms. The standard InChI is InChI=1S/C13H13N3O4/c17-13(18)2-1-6-15-11-3-4-12(16(19)20)9-5-7-14-8-10(9)11/h3-5,7-8,15H,1-2,6H2,(H,17,18). The van der Waals surface area contributed by atoms with Gasteiger partial charge in [0, 0.05) is 42.5 Å². The van der Waals surface area contributed by atoms with E-state index in [2.05, 4.69) is 10.3 Å². The zero-order valence-electron chi connectivity index (χ0n) is 10.6. The van der Waals surface area contributed by atoms with Crippen molar-refractivity contribution in [2.45, 2.75) is 12.8 Å². The van der Waals surface area contributed by atoms with Crippen LogP contribution in [0.2, 0.25) is 0 Å². The third kappa shape index (κ3) is 3.00. The van der Waals surface area contributed by atoms with E-state index in [-0.39, 0.29) is 12.1 Å². The predicted octanol–water partition coefficient (Wildman–Crippen LogP) is 2.42. The first kappa shape index (κ1) is 13.7. The molecule has 0 aliphatic heterocycles. The summed E-state index contributed by atoms with van der Waals surface area (Å²) in [4.78, 5) is 24.9. The van der Waals surface area contributed by atoms with E-state index in [1.807, 2.05) is 0 Å². The van der Waals surface area contributed by atoms with E-state index in [1.54, 1.807) is 18.3 Å². The van der Waals surface area contributed by atoms with E-state index < -0.39 is 10.9 Å². The number of carboxylic acid groups (broad SMARTS) is 1. The number of aromatic nitrogens is 1. The summed E-state index contributed by atoms with van der Waals surface area (Å²) in [5, 5.41) is 23.8. The van der Waals surface area contributed by atoms with Gasteiger partial charge >= 0.3 is 5.97 Å². The molecule has 104 valence electrons. The number of rotatable bonds is 6. The fourth-order valence-electron chi connectivity index (χ4n) is 1.95. The molecule has 0 fully saturated rings. The summed E-state index contributed by atoms with van der Waals surface area (Å²) in [7, 11) is 0. The van der Waals surface area contributed by atoms with Gasteiger partial charge < -0.3 is 10.4 Å². The molecule has 7 heteroatoms. The molecule has 1 aromatic carbocycles. The minimum absolute atomic E-state index is 0.0264. The van der Waals surface area contributed by atoms with Gasteiger partial charge in [0.05, 0.1) is 10.3 Å². The predicted molar refractivity (Wildman–Crippen MR) is 73.8 cm³/mol. The molecule has 7 nitrogen and oxygen atoms in total. The summed E-state index contributed by atoms with van der Waals surface area (Å²) in [6, 6.07) is 4.64.